The molecule has 1 aromatic heterocycles. The predicted octanol–water partition coefficient (Wildman–Crippen LogP) is 2.83. The minimum Gasteiger partial charge on any atom is -0.307 e. The normalized spacial score (nSPS) is 17.0. The van der Waals surface area contributed by atoms with Gasteiger partial charge in [-0.3, -0.25) is 0 Å². The highest BCUT2D eigenvalue weighted by Crippen LogP contribution is 2.41. The third-order valence-corrected chi connectivity index (χ3v) is 4.01. The van der Waals surface area contributed by atoms with Crippen molar-refractivity contribution in [1.29, 1.82) is 0 Å². The first-order chi connectivity index (χ1) is 10.2. The van der Waals surface area contributed by atoms with Crippen molar-refractivity contribution in [2.75, 3.05) is 0 Å². The van der Waals surface area contributed by atoms with Gasteiger partial charge >= 0.3 is 0 Å². The van der Waals surface area contributed by atoms with Gasteiger partial charge in [-0.15, -0.1) is 0 Å². The van der Waals surface area contributed by atoms with E-state index in [4.69, 9.17) is 0 Å². The van der Waals surface area contributed by atoms with E-state index in [1.54, 1.807) is 0 Å². The van der Waals surface area contributed by atoms with E-state index in [1.807, 2.05) is 0 Å². The number of hydrogen-bond donors (Lipinski definition) is 1. The minimum absolute atomic E-state index is 0.363. The molecule has 0 atom stereocenters. The van der Waals surface area contributed by atoms with Crippen molar-refractivity contribution in [3.05, 3.63) is 58.2 Å². The summed E-state index contributed by atoms with van der Waals surface area (Å²) in [6.45, 7) is 1.58. The first-order valence-electron chi connectivity index (χ1n) is 7.23. The van der Waals surface area contributed by atoms with Gasteiger partial charge in [-0.2, -0.15) is 0 Å². The lowest BCUT2D eigenvalue weighted by atomic mass is 10.1. The summed E-state index contributed by atoms with van der Waals surface area (Å²) in [5.41, 5.74) is 3.97. The maximum Gasteiger partial charge on any atom is 0.133 e. The standard InChI is InChI=1S/C16H15F2N3/c17-11-3-9(4-12(18)6-11)5-15-20-14-8-19-7-13(14)16(21-15)10-1-2-10/h3-4,6,10,19H,1-2,5,7-8H2. The number of halogens is 2. The summed E-state index contributed by atoms with van der Waals surface area (Å²) in [5.74, 6) is 0.0829. The number of hydrogen-bond acceptors (Lipinski definition) is 3. The quantitative estimate of drug-likeness (QED) is 0.943. The Hall–Kier alpha value is -1.88. The molecule has 0 unspecified atom stereocenters. The van der Waals surface area contributed by atoms with Crippen LogP contribution < -0.4 is 5.32 Å². The number of benzene rings is 1. The van der Waals surface area contributed by atoms with Crippen LogP contribution in [-0.2, 0) is 19.5 Å². The molecule has 2 aliphatic rings. The fraction of sp³-hybridized carbons (Fsp3) is 0.375. The molecule has 108 valence electrons. The van der Waals surface area contributed by atoms with Gasteiger partial charge in [-0.1, -0.05) is 0 Å². The minimum atomic E-state index is -0.560. The highest BCUT2D eigenvalue weighted by atomic mass is 19.1. The Labute approximate surface area is 121 Å². The van der Waals surface area contributed by atoms with Gasteiger partial charge in [-0.05, 0) is 30.5 Å². The Morgan fingerprint density at radius 3 is 2.52 bits per heavy atom. The number of aromatic nitrogens is 2. The largest absolute Gasteiger partial charge is 0.307 e. The second kappa shape index (κ2) is 4.84. The van der Waals surface area contributed by atoms with Gasteiger partial charge in [0.25, 0.3) is 0 Å². The summed E-state index contributed by atoms with van der Waals surface area (Å²) in [6.07, 6.45) is 2.72. The van der Waals surface area contributed by atoms with Crippen molar-refractivity contribution in [3.63, 3.8) is 0 Å². The number of rotatable bonds is 3. The second-order valence-corrected chi connectivity index (χ2v) is 5.78. The van der Waals surface area contributed by atoms with Crippen LogP contribution in [0, 0.1) is 11.6 Å². The maximum atomic E-state index is 13.3. The van der Waals surface area contributed by atoms with Crippen LogP contribution in [0.4, 0.5) is 8.78 Å². The summed E-state index contributed by atoms with van der Waals surface area (Å²) in [6, 6.07) is 3.57. The molecule has 1 aromatic carbocycles. The van der Waals surface area contributed by atoms with Gasteiger partial charge in [0, 0.05) is 37.1 Å². The van der Waals surface area contributed by atoms with Gasteiger partial charge < -0.3 is 5.32 Å². The fourth-order valence-electron chi connectivity index (χ4n) is 2.92. The maximum absolute atomic E-state index is 13.3. The zero-order valence-corrected chi connectivity index (χ0v) is 11.5. The Morgan fingerprint density at radius 2 is 1.81 bits per heavy atom. The SMILES string of the molecule is Fc1cc(F)cc(Cc2nc3c(c(C4CC4)n2)CNC3)c1. The fourth-order valence-corrected chi connectivity index (χ4v) is 2.92. The molecule has 0 bridgehead atoms. The van der Waals surface area contributed by atoms with E-state index in [0.717, 1.165) is 30.5 Å². The van der Waals surface area contributed by atoms with E-state index in [-0.39, 0.29) is 0 Å². The summed E-state index contributed by atoms with van der Waals surface area (Å²) >= 11 is 0. The van der Waals surface area contributed by atoms with E-state index in [2.05, 4.69) is 15.3 Å². The van der Waals surface area contributed by atoms with Crippen molar-refractivity contribution >= 4 is 0 Å². The molecule has 21 heavy (non-hydrogen) atoms. The van der Waals surface area contributed by atoms with E-state index < -0.39 is 11.6 Å². The lowest BCUT2D eigenvalue weighted by molar-refractivity contribution is 0.580. The molecule has 4 rings (SSSR count). The highest BCUT2D eigenvalue weighted by Gasteiger charge is 2.31. The first-order valence-corrected chi connectivity index (χ1v) is 7.23. The third-order valence-electron chi connectivity index (χ3n) is 4.01. The van der Waals surface area contributed by atoms with Crippen molar-refractivity contribution in [3.8, 4) is 0 Å². The monoisotopic (exact) mass is 287 g/mol. The van der Waals surface area contributed by atoms with Crippen LogP contribution >= 0.6 is 0 Å². The van der Waals surface area contributed by atoms with E-state index in [9.17, 15) is 8.78 Å². The first kappa shape index (κ1) is 12.8. The Bertz CT molecular complexity index is 691. The molecule has 0 spiro atoms. The zero-order chi connectivity index (χ0) is 14.4. The van der Waals surface area contributed by atoms with Crippen molar-refractivity contribution in [1.82, 2.24) is 15.3 Å². The third kappa shape index (κ3) is 2.53. The Kier molecular flexibility index (Phi) is 2.96. The second-order valence-electron chi connectivity index (χ2n) is 5.78. The van der Waals surface area contributed by atoms with Crippen LogP contribution in [0.5, 0.6) is 0 Å². The summed E-state index contributed by atoms with van der Waals surface area (Å²) in [7, 11) is 0. The smallest absolute Gasteiger partial charge is 0.133 e. The van der Waals surface area contributed by atoms with Crippen molar-refractivity contribution in [2.45, 2.75) is 38.3 Å². The average Bonchev–Trinajstić information content (AvgIpc) is 3.15. The molecule has 0 radical (unpaired) electrons. The van der Waals surface area contributed by atoms with Crippen LogP contribution in [0.25, 0.3) is 0 Å². The molecule has 2 aromatic rings. The lowest BCUT2D eigenvalue weighted by Crippen LogP contribution is -2.06. The van der Waals surface area contributed by atoms with E-state index in [1.165, 1.54) is 30.5 Å². The molecule has 5 heteroatoms. The summed E-state index contributed by atoms with van der Waals surface area (Å²) in [5, 5.41) is 3.30. The molecule has 1 saturated carbocycles. The zero-order valence-electron chi connectivity index (χ0n) is 11.5. The predicted molar refractivity (Wildman–Crippen MR) is 73.7 cm³/mol. The van der Waals surface area contributed by atoms with Gasteiger partial charge in [-0.25, -0.2) is 18.7 Å². The van der Waals surface area contributed by atoms with Crippen molar-refractivity contribution in [2.24, 2.45) is 0 Å². The van der Waals surface area contributed by atoms with Gasteiger partial charge in [0.05, 0.1) is 11.4 Å². The molecule has 0 amide bonds. The Morgan fingerprint density at radius 1 is 1.05 bits per heavy atom. The molecule has 1 N–H and O–H groups in total. The van der Waals surface area contributed by atoms with E-state index in [0.29, 0.717) is 23.7 Å². The van der Waals surface area contributed by atoms with Gasteiger partial charge in [0.2, 0.25) is 0 Å². The molecule has 0 saturated heterocycles. The molecular formula is C16H15F2N3. The van der Waals surface area contributed by atoms with Crippen LogP contribution in [0.3, 0.4) is 0 Å². The topological polar surface area (TPSA) is 37.8 Å². The summed E-state index contributed by atoms with van der Waals surface area (Å²) < 4.78 is 26.6. The summed E-state index contributed by atoms with van der Waals surface area (Å²) in [4.78, 5) is 9.23. The van der Waals surface area contributed by atoms with Gasteiger partial charge in [0.1, 0.15) is 17.5 Å². The molecule has 1 aliphatic carbocycles. The van der Waals surface area contributed by atoms with Crippen LogP contribution in [0.15, 0.2) is 18.2 Å². The van der Waals surface area contributed by atoms with Gasteiger partial charge in [0.15, 0.2) is 0 Å². The van der Waals surface area contributed by atoms with Crippen LogP contribution in [0.1, 0.15) is 47.1 Å². The number of nitrogens with one attached hydrogen (secondary N) is 1. The van der Waals surface area contributed by atoms with Crippen LogP contribution in [0.2, 0.25) is 0 Å². The molecular weight excluding hydrogens is 272 g/mol. The average molecular weight is 287 g/mol. The molecule has 1 aliphatic heterocycles. The van der Waals surface area contributed by atoms with Crippen LogP contribution in [-0.4, -0.2) is 9.97 Å². The number of nitrogens with zero attached hydrogens (tertiary/aromatic N) is 2. The highest BCUT2D eigenvalue weighted by molar-refractivity contribution is 5.34. The lowest BCUT2D eigenvalue weighted by Gasteiger charge is -2.09. The Balaban J connectivity index is 1.70. The van der Waals surface area contributed by atoms with Crippen molar-refractivity contribution < 1.29 is 8.78 Å². The number of fused-ring (bicyclic) bond motifs is 1. The molecule has 1 fully saturated rings. The molecule has 2 heterocycles. The van der Waals surface area contributed by atoms with E-state index >= 15 is 0 Å². The molecule has 3 nitrogen and oxygen atoms in total.